The summed E-state index contributed by atoms with van der Waals surface area (Å²) in [6.07, 6.45) is 61.1. The summed E-state index contributed by atoms with van der Waals surface area (Å²) in [6.45, 7) is 4.96. The number of carbonyl (C=O) groups excluding carboxylic acids is 4. The van der Waals surface area contributed by atoms with Crippen molar-refractivity contribution in [2.75, 3.05) is 39.6 Å². The van der Waals surface area contributed by atoms with Gasteiger partial charge in [-0.25, -0.2) is 9.13 Å². The van der Waals surface area contributed by atoms with Gasteiger partial charge in [-0.15, -0.1) is 0 Å². The quantitative estimate of drug-likeness (QED) is 0.0222. The Bertz CT molecular complexity index is 1810. The van der Waals surface area contributed by atoms with Crippen LogP contribution in [-0.2, 0) is 65.4 Å². The summed E-state index contributed by atoms with van der Waals surface area (Å²) in [5.74, 6) is -2.11. The third-order valence-electron chi connectivity index (χ3n) is 17.9. The molecule has 0 saturated heterocycles. The lowest BCUT2D eigenvalue weighted by molar-refractivity contribution is -0.161. The summed E-state index contributed by atoms with van der Waals surface area (Å²) in [6, 6.07) is 0. The molecule has 0 saturated carbocycles. The summed E-state index contributed by atoms with van der Waals surface area (Å²) >= 11 is 0. The number of phosphoric acid groups is 2. The van der Waals surface area contributed by atoms with Crippen LogP contribution in [0.2, 0.25) is 0 Å². The number of carbonyl (C=O) groups is 4. The molecule has 564 valence electrons. The number of ether oxygens (including phenoxy) is 4. The van der Waals surface area contributed by atoms with Crippen molar-refractivity contribution in [2.45, 2.75) is 425 Å². The molecule has 0 amide bonds. The average Bonchev–Trinajstić information content (AvgIpc) is 2.06. The summed E-state index contributed by atoms with van der Waals surface area (Å²) in [5, 5.41) is 10.6. The first-order chi connectivity index (χ1) is 46.2. The van der Waals surface area contributed by atoms with Crippen molar-refractivity contribution < 1.29 is 80.2 Å². The van der Waals surface area contributed by atoms with E-state index in [1.807, 2.05) is 0 Å². The normalized spacial score (nSPS) is 13.9. The van der Waals surface area contributed by atoms with E-state index in [4.69, 9.17) is 37.0 Å². The van der Waals surface area contributed by atoms with Crippen LogP contribution in [0.4, 0.5) is 0 Å². The maximum Gasteiger partial charge on any atom is 0.472 e. The topological polar surface area (TPSA) is 237 Å². The Balaban J connectivity index is 5.18. The molecule has 0 bridgehead atoms. The van der Waals surface area contributed by atoms with Crippen LogP contribution >= 0.6 is 15.6 Å². The summed E-state index contributed by atoms with van der Waals surface area (Å²) in [5.41, 5.74) is 0. The first kappa shape index (κ1) is 93.1. The second kappa shape index (κ2) is 70.5. The molecule has 0 aromatic rings. The molecule has 0 aromatic heterocycles. The third kappa shape index (κ3) is 70.3. The molecule has 3 N–H and O–H groups in total. The number of esters is 4. The minimum absolute atomic E-state index is 0.107. The molecule has 95 heavy (non-hydrogen) atoms. The van der Waals surface area contributed by atoms with Crippen LogP contribution in [0.15, 0.2) is 0 Å². The van der Waals surface area contributed by atoms with Gasteiger partial charge in [-0.2, -0.15) is 0 Å². The second-order valence-electron chi connectivity index (χ2n) is 27.4. The van der Waals surface area contributed by atoms with Crippen LogP contribution in [-0.4, -0.2) is 96.7 Å². The molecule has 5 atom stereocenters. The zero-order chi connectivity index (χ0) is 69.7. The molecule has 0 aliphatic heterocycles. The van der Waals surface area contributed by atoms with Gasteiger partial charge >= 0.3 is 39.5 Å². The van der Waals surface area contributed by atoms with E-state index in [1.165, 1.54) is 238 Å². The Labute approximate surface area is 581 Å². The predicted octanol–water partition coefficient (Wildman–Crippen LogP) is 22.6. The fourth-order valence-corrected chi connectivity index (χ4v) is 13.3. The Morgan fingerprint density at radius 3 is 0.621 bits per heavy atom. The number of phosphoric ester groups is 2. The van der Waals surface area contributed by atoms with E-state index in [1.54, 1.807) is 0 Å². The number of rotatable bonds is 77. The Kier molecular flexibility index (Phi) is 69.1. The molecule has 0 aliphatic carbocycles. The van der Waals surface area contributed by atoms with E-state index in [9.17, 15) is 43.2 Å². The van der Waals surface area contributed by atoms with Crippen LogP contribution in [0.3, 0.4) is 0 Å². The molecule has 0 fully saturated rings. The minimum atomic E-state index is -4.96. The van der Waals surface area contributed by atoms with Crippen molar-refractivity contribution in [3.8, 4) is 0 Å². The van der Waals surface area contributed by atoms with E-state index >= 15 is 0 Å². The van der Waals surface area contributed by atoms with E-state index in [-0.39, 0.29) is 25.7 Å². The highest BCUT2D eigenvalue weighted by atomic mass is 31.2. The van der Waals surface area contributed by atoms with Crippen molar-refractivity contribution in [1.29, 1.82) is 0 Å². The largest absolute Gasteiger partial charge is 0.472 e. The molecule has 0 spiro atoms. The van der Waals surface area contributed by atoms with Crippen LogP contribution in [0.1, 0.15) is 407 Å². The van der Waals surface area contributed by atoms with E-state index in [0.29, 0.717) is 25.7 Å². The van der Waals surface area contributed by atoms with Gasteiger partial charge in [0.25, 0.3) is 0 Å². The van der Waals surface area contributed by atoms with Gasteiger partial charge in [-0.3, -0.25) is 37.3 Å². The van der Waals surface area contributed by atoms with Gasteiger partial charge in [0.05, 0.1) is 26.4 Å². The fraction of sp³-hybridized carbons (Fsp3) is 0.947. The lowest BCUT2D eigenvalue weighted by Gasteiger charge is -2.21. The van der Waals surface area contributed by atoms with Crippen molar-refractivity contribution in [3.63, 3.8) is 0 Å². The maximum absolute atomic E-state index is 13.1. The zero-order valence-corrected chi connectivity index (χ0v) is 63.4. The summed E-state index contributed by atoms with van der Waals surface area (Å²) < 4.78 is 68.4. The number of hydrogen-bond acceptors (Lipinski definition) is 15. The van der Waals surface area contributed by atoms with E-state index in [0.717, 1.165) is 89.9 Å². The van der Waals surface area contributed by atoms with E-state index < -0.39 is 97.5 Å². The number of aliphatic hydroxyl groups is 1. The molecule has 19 heteroatoms. The Morgan fingerprint density at radius 2 is 0.421 bits per heavy atom. The molecular weight excluding hydrogens is 1250 g/mol. The highest BCUT2D eigenvalue weighted by molar-refractivity contribution is 7.47. The Morgan fingerprint density at radius 1 is 0.253 bits per heavy atom. The summed E-state index contributed by atoms with van der Waals surface area (Å²) in [7, 11) is -9.90. The lowest BCUT2D eigenvalue weighted by atomic mass is 10.0. The van der Waals surface area contributed by atoms with Gasteiger partial charge in [-0.05, 0) is 25.7 Å². The SMILES string of the molecule is CCCCCCCCCCCCCCCCCCCCCCC(=O)O[C@H](COC(=O)CCCCCCCCCCCCCCCCCC)COP(=O)(O)OC[C@@H](O)COP(=O)(O)OC[C@@H](COC(=O)CCCCCCCCCCC)OC(=O)CCCCCCCCCCCC. The summed E-state index contributed by atoms with van der Waals surface area (Å²) in [4.78, 5) is 72.7. The van der Waals surface area contributed by atoms with Crippen LogP contribution in [0, 0.1) is 0 Å². The van der Waals surface area contributed by atoms with Crippen LogP contribution < -0.4 is 0 Å². The van der Waals surface area contributed by atoms with E-state index in [2.05, 4.69) is 27.7 Å². The van der Waals surface area contributed by atoms with Crippen molar-refractivity contribution >= 4 is 39.5 Å². The highest BCUT2D eigenvalue weighted by Crippen LogP contribution is 2.45. The second-order valence-corrected chi connectivity index (χ2v) is 30.3. The molecule has 0 rings (SSSR count). The van der Waals surface area contributed by atoms with Crippen molar-refractivity contribution in [1.82, 2.24) is 0 Å². The molecule has 0 aliphatic rings. The van der Waals surface area contributed by atoms with Gasteiger partial charge < -0.3 is 33.8 Å². The number of hydrogen-bond donors (Lipinski definition) is 3. The van der Waals surface area contributed by atoms with Crippen LogP contribution in [0.5, 0.6) is 0 Å². The minimum Gasteiger partial charge on any atom is -0.462 e. The zero-order valence-electron chi connectivity index (χ0n) is 61.6. The first-order valence-electron chi connectivity index (χ1n) is 39.8. The molecular formula is C76H148O17P2. The maximum atomic E-state index is 13.1. The molecule has 2 unspecified atom stereocenters. The monoisotopic (exact) mass is 1400 g/mol. The number of unbranched alkanes of at least 4 members (excludes halogenated alkanes) is 51. The van der Waals surface area contributed by atoms with Gasteiger partial charge in [0, 0.05) is 25.7 Å². The van der Waals surface area contributed by atoms with Gasteiger partial charge in [0.1, 0.15) is 19.3 Å². The van der Waals surface area contributed by atoms with Gasteiger partial charge in [0.2, 0.25) is 0 Å². The highest BCUT2D eigenvalue weighted by Gasteiger charge is 2.30. The first-order valence-corrected chi connectivity index (χ1v) is 42.8. The van der Waals surface area contributed by atoms with Crippen molar-refractivity contribution in [2.24, 2.45) is 0 Å². The molecule has 0 heterocycles. The lowest BCUT2D eigenvalue weighted by Crippen LogP contribution is -2.30. The molecule has 17 nitrogen and oxygen atoms in total. The predicted molar refractivity (Wildman–Crippen MR) is 386 cm³/mol. The van der Waals surface area contributed by atoms with Gasteiger partial charge in [0.15, 0.2) is 12.2 Å². The Hall–Kier alpha value is -1.94. The van der Waals surface area contributed by atoms with Crippen molar-refractivity contribution in [3.05, 3.63) is 0 Å². The third-order valence-corrected chi connectivity index (χ3v) is 19.8. The molecule has 0 aromatic carbocycles. The standard InChI is InChI=1S/C76H148O17P2/c1-5-9-13-17-21-25-28-30-32-34-35-36-37-39-41-43-47-51-55-59-63-76(81)93-72(67-87-74(79)61-57-53-49-46-42-40-38-33-31-29-26-22-18-14-10-6-2)69-91-95(84,85)89-65-70(77)64-88-94(82,83)90-68-71(66-86-73(78)60-56-52-48-44-24-20-16-12-8-4)92-75(80)62-58-54-50-45-27-23-19-15-11-7-3/h70-72,77H,5-69H2,1-4H3,(H,82,83)(H,84,85)/t70-,71+,72+/m0/s1. The number of aliphatic hydroxyl groups excluding tert-OH is 1. The van der Waals surface area contributed by atoms with Gasteiger partial charge in [-0.1, -0.05) is 355 Å². The smallest absolute Gasteiger partial charge is 0.462 e. The fourth-order valence-electron chi connectivity index (χ4n) is 11.8. The average molecular weight is 1400 g/mol. The molecule has 0 radical (unpaired) electrons. The van der Waals surface area contributed by atoms with Crippen LogP contribution in [0.25, 0.3) is 0 Å².